The Balaban J connectivity index is 1.89. The van der Waals surface area contributed by atoms with Crippen molar-refractivity contribution in [2.24, 2.45) is 0 Å². The van der Waals surface area contributed by atoms with Gasteiger partial charge in [0.2, 0.25) is 0 Å². The number of fused-ring (bicyclic) bond motifs is 3. The van der Waals surface area contributed by atoms with Crippen LogP contribution in [0.3, 0.4) is 0 Å². The number of para-hydroxylation sites is 1. The van der Waals surface area contributed by atoms with E-state index < -0.39 is 12.0 Å². The van der Waals surface area contributed by atoms with Gasteiger partial charge in [-0.2, -0.15) is 0 Å². The van der Waals surface area contributed by atoms with Crippen LogP contribution in [0.4, 0.5) is 0 Å². The van der Waals surface area contributed by atoms with Gasteiger partial charge in [0.05, 0.1) is 6.04 Å². The molecule has 2 heterocycles. The zero-order valence-electron chi connectivity index (χ0n) is 12.2. The van der Waals surface area contributed by atoms with E-state index in [4.69, 9.17) is 0 Å². The highest BCUT2D eigenvalue weighted by Gasteiger charge is 2.33. The van der Waals surface area contributed by atoms with Crippen molar-refractivity contribution in [3.8, 4) is 0 Å². The molecule has 0 aliphatic carbocycles. The average Bonchev–Trinajstić information content (AvgIpc) is 2.93. The molecule has 0 spiro atoms. The smallest absolute Gasteiger partial charge is 0.321 e. The summed E-state index contributed by atoms with van der Waals surface area (Å²) in [7, 11) is 0. The number of H-pyrrole nitrogens is 1. The van der Waals surface area contributed by atoms with Crippen LogP contribution in [0.1, 0.15) is 22.9 Å². The maximum atomic E-state index is 11.6. The number of nitrogens with one attached hydrogen (secondary N) is 2. The molecular formula is C18H15IN2O2. The Morgan fingerprint density at radius 1 is 1.13 bits per heavy atom. The van der Waals surface area contributed by atoms with Gasteiger partial charge in [-0.1, -0.05) is 30.3 Å². The Labute approximate surface area is 147 Å². The van der Waals surface area contributed by atoms with Crippen LogP contribution in [0, 0.1) is 3.57 Å². The summed E-state index contributed by atoms with van der Waals surface area (Å²) in [5.74, 6) is -0.809. The molecule has 0 saturated heterocycles. The molecule has 116 valence electrons. The molecular weight excluding hydrogens is 403 g/mol. The molecule has 0 fully saturated rings. The van der Waals surface area contributed by atoms with E-state index in [1.165, 1.54) is 0 Å². The number of aromatic nitrogens is 1. The molecule has 5 heteroatoms. The van der Waals surface area contributed by atoms with Crippen molar-refractivity contribution >= 4 is 39.5 Å². The number of hydrogen-bond acceptors (Lipinski definition) is 2. The minimum Gasteiger partial charge on any atom is -0.480 e. The van der Waals surface area contributed by atoms with Gasteiger partial charge >= 0.3 is 5.97 Å². The summed E-state index contributed by atoms with van der Waals surface area (Å²) in [5, 5.41) is 13.9. The van der Waals surface area contributed by atoms with Gasteiger partial charge in [-0.05, 0) is 51.9 Å². The number of carboxylic acid groups (broad SMARTS) is 1. The molecule has 0 bridgehead atoms. The van der Waals surface area contributed by atoms with Gasteiger partial charge in [0.25, 0.3) is 0 Å². The second kappa shape index (κ2) is 5.65. The largest absolute Gasteiger partial charge is 0.480 e. The van der Waals surface area contributed by atoms with Gasteiger partial charge in [0.15, 0.2) is 0 Å². The summed E-state index contributed by atoms with van der Waals surface area (Å²) >= 11 is 2.27. The fourth-order valence-electron chi connectivity index (χ4n) is 3.31. The molecule has 0 saturated carbocycles. The van der Waals surface area contributed by atoms with Crippen LogP contribution in [-0.2, 0) is 11.2 Å². The predicted octanol–water partition coefficient (Wildman–Crippen LogP) is 3.46. The predicted molar refractivity (Wildman–Crippen MR) is 97.6 cm³/mol. The van der Waals surface area contributed by atoms with E-state index in [-0.39, 0.29) is 6.04 Å². The van der Waals surface area contributed by atoms with E-state index in [0.29, 0.717) is 6.42 Å². The highest BCUT2D eigenvalue weighted by molar-refractivity contribution is 14.1. The van der Waals surface area contributed by atoms with Crippen molar-refractivity contribution in [3.63, 3.8) is 0 Å². The minimum absolute atomic E-state index is 0.135. The summed E-state index contributed by atoms with van der Waals surface area (Å²) in [6.45, 7) is 0. The zero-order valence-corrected chi connectivity index (χ0v) is 14.4. The van der Waals surface area contributed by atoms with E-state index in [1.54, 1.807) is 0 Å². The lowest BCUT2D eigenvalue weighted by Crippen LogP contribution is -2.44. The molecule has 1 aromatic heterocycles. The van der Waals surface area contributed by atoms with Crippen LogP contribution >= 0.6 is 22.6 Å². The lowest BCUT2D eigenvalue weighted by atomic mass is 9.90. The normalized spacial score (nSPS) is 20.4. The highest BCUT2D eigenvalue weighted by atomic mass is 127. The summed E-state index contributed by atoms with van der Waals surface area (Å²) in [5.41, 5.74) is 4.31. The second-order valence-corrected chi connectivity index (χ2v) is 7.05. The first kappa shape index (κ1) is 14.7. The number of halogens is 1. The Kier molecular flexibility index (Phi) is 3.61. The van der Waals surface area contributed by atoms with Crippen molar-refractivity contribution in [1.82, 2.24) is 10.3 Å². The van der Waals surface area contributed by atoms with Crippen LogP contribution in [0.2, 0.25) is 0 Å². The van der Waals surface area contributed by atoms with Gasteiger partial charge in [0, 0.05) is 26.6 Å². The Morgan fingerprint density at radius 2 is 1.87 bits per heavy atom. The van der Waals surface area contributed by atoms with Crippen LogP contribution < -0.4 is 5.32 Å². The standard InChI is InChI=1S/C18H15IN2O2/c19-11-7-5-10(6-8-11)16-17-13(9-15(21-16)18(22)23)12-3-1-2-4-14(12)20-17/h1-8,15-16,20-21H,9H2,(H,22,23). The number of aliphatic carboxylic acids is 1. The van der Waals surface area contributed by atoms with Crippen molar-refractivity contribution in [3.05, 3.63) is 68.9 Å². The molecule has 23 heavy (non-hydrogen) atoms. The Morgan fingerprint density at radius 3 is 2.61 bits per heavy atom. The van der Waals surface area contributed by atoms with E-state index >= 15 is 0 Å². The molecule has 1 aliphatic heterocycles. The van der Waals surface area contributed by atoms with Gasteiger partial charge in [0.1, 0.15) is 6.04 Å². The number of aromatic amines is 1. The Hall–Kier alpha value is -1.86. The van der Waals surface area contributed by atoms with E-state index in [1.807, 2.05) is 30.3 Å². The lowest BCUT2D eigenvalue weighted by Gasteiger charge is -2.29. The molecule has 3 aromatic rings. The number of benzene rings is 2. The molecule has 0 radical (unpaired) electrons. The summed E-state index contributed by atoms with van der Waals surface area (Å²) < 4.78 is 1.16. The Bertz CT molecular complexity index is 886. The topological polar surface area (TPSA) is 65.1 Å². The van der Waals surface area contributed by atoms with Crippen LogP contribution in [0.5, 0.6) is 0 Å². The van der Waals surface area contributed by atoms with Crippen molar-refractivity contribution in [1.29, 1.82) is 0 Å². The van der Waals surface area contributed by atoms with Crippen LogP contribution in [-0.4, -0.2) is 22.1 Å². The lowest BCUT2D eigenvalue weighted by molar-refractivity contribution is -0.139. The molecule has 2 unspecified atom stereocenters. The van der Waals surface area contributed by atoms with Gasteiger partial charge in [-0.15, -0.1) is 0 Å². The van der Waals surface area contributed by atoms with E-state index in [9.17, 15) is 9.90 Å². The third-order valence-electron chi connectivity index (χ3n) is 4.41. The molecule has 1 aliphatic rings. The fourth-order valence-corrected chi connectivity index (χ4v) is 3.67. The fraction of sp³-hybridized carbons (Fsp3) is 0.167. The first-order chi connectivity index (χ1) is 11.1. The van der Waals surface area contributed by atoms with E-state index in [0.717, 1.165) is 31.3 Å². The van der Waals surface area contributed by atoms with Crippen LogP contribution in [0.25, 0.3) is 10.9 Å². The maximum absolute atomic E-state index is 11.6. The average molecular weight is 418 g/mol. The SMILES string of the molecule is O=C(O)C1Cc2c([nH]c3ccccc23)C(c2ccc(I)cc2)N1. The quantitative estimate of drug-likeness (QED) is 0.559. The molecule has 0 amide bonds. The van der Waals surface area contributed by atoms with Crippen molar-refractivity contribution < 1.29 is 9.90 Å². The maximum Gasteiger partial charge on any atom is 0.321 e. The number of rotatable bonds is 2. The van der Waals surface area contributed by atoms with Crippen molar-refractivity contribution in [2.75, 3.05) is 0 Å². The zero-order chi connectivity index (χ0) is 16.0. The van der Waals surface area contributed by atoms with Gasteiger partial charge in [-0.3, -0.25) is 10.1 Å². The molecule has 3 N–H and O–H groups in total. The monoisotopic (exact) mass is 418 g/mol. The third kappa shape index (κ3) is 2.53. The first-order valence-corrected chi connectivity index (χ1v) is 8.55. The summed E-state index contributed by atoms with van der Waals surface area (Å²) in [6.07, 6.45) is 0.496. The number of carboxylic acids is 1. The first-order valence-electron chi connectivity index (χ1n) is 7.47. The van der Waals surface area contributed by atoms with Crippen LogP contribution in [0.15, 0.2) is 48.5 Å². The molecule has 4 nitrogen and oxygen atoms in total. The molecule has 4 rings (SSSR count). The number of hydrogen-bond donors (Lipinski definition) is 3. The summed E-state index contributed by atoms with van der Waals surface area (Å²) in [6, 6.07) is 15.6. The van der Waals surface area contributed by atoms with Crippen molar-refractivity contribution in [2.45, 2.75) is 18.5 Å². The number of carbonyl (C=O) groups is 1. The third-order valence-corrected chi connectivity index (χ3v) is 5.13. The van der Waals surface area contributed by atoms with E-state index in [2.05, 4.69) is 51.1 Å². The van der Waals surface area contributed by atoms with Gasteiger partial charge in [-0.25, -0.2) is 0 Å². The highest BCUT2D eigenvalue weighted by Crippen LogP contribution is 2.35. The minimum atomic E-state index is -0.809. The molecule has 2 atom stereocenters. The summed E-state index contributed by atoms with van der Waals surface area (Å²) in [4.78, 5) is 15.1. The second-order valence-electron chi connectivity index (χ2n) is 5.81. The van der Waals surface area contributed by atoms with Gasteiger partial charge < -0.3 is 10.1 Å². The molecule has 2 aromatic carbocycles.